The van der Waals surface area contributed by atoms with Gasteiger partial charge in [0.1, 0.15) is 28.6 Å². The molecule has 2 rings (SSSR count). The predicted molar refractivity (Wildman–Crippen MR) is 92.2 cm³/mol. The van der Waals surface area contributed by atoms with Crippen LogP contribution in [0.25, 0.3) is 6.08 Å². The minimum Gasteiger partial charge on any atom is -0.507 e. The van der Waals surface area contributed by atoms with Crippen LogP contribution in [-0.2, 0) is 0 Å². The van der Waals surface area contributed by atoms with Gasteiger partial charge in [-0.1, -0.05) is 18.2 Å². The average Bonchev–Trinajstić information content (AvgIpc) is 2.59. The van der Waals surface area contributed by atoms with Crippen LogP contribution in [0.15, 0.2) is 42.5 Å². The molecule has 0 spiro atoms. The maximum Gasteiger partial charge on any atom is 0.193 e. The molecule has 0 saturated heterocycles. The third-order valence-electron chi connectivity index (χ3n) is 3.38. The fourth-order valence-electron chi connectivity index (χ4n) is 2.21. The maximum atomic E-state index is 12.4. The second-order valence-electron chi connectivity index (χ2n) is 4.92. The number of phenolic OH excluding ortho intramolecular Hbond substituents is 1. The fourth-order valence-corrected chi connectivity index (χ4v) is 2.21. The maximum absolute atomic E-state index is 12.4. The van der Waals surface area contributed by atoms with E-state index in [1.807, 2.05) is 19.1 Å². The molecular weight excluding hydrogens is 308 g/mol. The highest BCUT2D eigenvalue weighted by molar-refractivity contribution is 6.10. The number of phenols is 1. The molecule has 0 aliphatic carbocycles. The van der Waals surface area contributed by atoms with E-state index in [9.17, 15) is 9.90 Å². The van der Waals surface area contributed by atoms with Crippen LogP contribution in [-0.4, -0.2) is 31.7 Å². The lowest BCUT2D eigenvalue weighted by Crippen LogP contribution is -2.01. The van der Waals surface area contributed by atoms with Gasteiger partial charge in [-0.2, -0.15) is 0 Å². The van der Waals surface area contributed by atoms with Crippen molar-refractivity contribution in [3.8, 4) is 23.0 Å². The SMILES string of the molecule is CCOc1cc(O)c(C(=O)/C=C\c2ccc(OC)cc2)c(OC)c1. The number of aromatic hydroxyl groups is 1. The molecule has 5 heteroatoms. The van der Waals surface area contributed by atoms with Crippen LogP contribution >= 0.6 is 0 Å². The van der Waals surface area contributed by atoms with Crippen molar-refractivity contribution in [3.63, 3.8) is 0 Å². The quantitative estimate of drug-likeness (QED) is 0.620. The summed E-state index contributed by atoms with van der Waals surface area (Å²) >= 11 is 0. The van der Waals surface area contributed by atoms with Crippen molar-refractivity contribution in [3.05, 3.63) is 53.6 Å². The molecule has 0 heterocycles. The van der Waals surface area contributed by atoms with Gasteiger partial charge in [0.15, 0.2) is 5.78 Å². The second kappa shape index (κ2) is 8.06. The molecule has 0 unspecified atom stereocenters. The van der Waals surface area contributed by atoms with Crippen molar-refractivity contribution < 1.29 is 24.1 Å². The lowest BCUT2D eigenvalue weighted by molar-refractivity contribution is 0.104. The summed E-state index contributed by atoms with van der Waals surface area (Å²) in [5, 5.41) is 10.1. The van der Waals surface area contributed by atoms with E-state index in [1.165, 1.54) is 19.3 Å². The normalized spacial score (nSPS) is 10.6. The lowest BCUT2D eigenvalue weighted by atomic mass is 10.1. The smallest absolute Gasteiger partial charge is 0.193 e. The highest BCUT2D eigenvalue weighted by atomic mass is 16.5. The lowest BCUT2D eigenvalue weighted by Gasteiger charge is -2.11. The number of carbonyl (C=O) groups excluding carboxylic acids is 1. The van der Waals surface area contributed by atoms with Crippen molar-refractivity contribution in [2.45, 2.75) is 6.92 Å². The molecule has 0 amide bonds. The molecule has 5 nitrogen and oxygen atoms in total. The Labute approximate surface area is 141 Å². The Balaban J connectivity index is 2.26. The third-order valence-corrected chi connectivity index (χ3v) is 3.38. The van der Waals surface area contributed by atoms with Gasteiger partial charge in [-0.15, -0.1) is 0 Å². The fraction of sp³-hybridized carbons (Fsp3) is 0.211. The number of hydrogen-bond acceptors (Lipinski definition) is 5. The first kappa shape index (κ1) is 17.4. The topological polar surface area (TPSA) is 65.0 Å². The number of hydrogen-bond donors (Lipinski definition) is 1. The van der Waals surface area contributed by atoms with Crippen molar-refractivity contribution in [1.29, 1.82) is 0 Å². The zero-order valence-electron chi connectivity index (χ0n) is 13.9. The van der Waals surface area contributed by atoms with Gasteiger partial charge < -0.3 is 19.3 Å². The molecular formula is C19H20O5. The van der Waals surface area contributed by atoms with Gasteiger partial charge in [0.05, 0.1) is 20.8 Å². The van der Waals surface area contributed by atoms with Gasteiger partial charge in [-0.05, 0) is 30.7 Å². The molecule has 0 radical (unpaired) electrons. The zero-order valence-corrected chi connectivity index (χ0v) is 13.9. The summed E-state index contributed by atoms with van der Waals surface area (Å²) in [5.41, 5.74) is 0.944. The molecule has 1 N–H and O–H groups in total. The largest absolute Gasteiger partial charge is 0.507 e. The average molecular weight is 328 g/mol. The summed E-state index contributed by atoms with van der Waals surface area (Å²) < 4.78 is 15.6. The Bertz CT molecular complexity index is 732. The minimum atomic E-state index is -0.358. The summed E-state index contributed by atoms with van der Waals surface area (Å²) in [5.74, 6) is 0.917. The second-order valence-corrected chi connectivity index (χ2v) is 4.92. The van der Waals surface area contributed by atoms with Gasteiger partial charge in [0.2, 0.25) is 0 Å². The van der Waals surface area contributed by atoms with Crippen LogP contribution in [0.5, 0.6) is 23.0 Å². The Morgan fingerprint density at radius 1 is 1.08 bits per heavy atom. The van der Waals surface area contributed by atoms with E-state index in [-0.39, 0.29) is 22.8 Å². The van der Waals surface area contributed by atoms with Gasteiger partial charge >= 0.3 is 0 Å². The van der Waals surface area contributed by atoms with E-state index in [0.29, 0.717) is 12.4 Å². The van der Waals surface area contributed by atoms with Crippen LogP contribution in [0.1, 0.15) is 22.8 Å². The summed E-state index contributed by atoms with van der Waals surface area (Å²) in [4.78, 5) is 12.4. The standard InChI is InChI=1S/C19H20O5/c1-4-24-15-11-17(21)19(18(12-15)23-3)16(20)10-7-13-5-8-14(22-2)9-6-13/h5-12,21H,4H2,1-3H3/b10-7-. The van der Waals surface area contributed by atoms with Gasteiger partial charge in [-0.25, -0.2) is 0 Å². The molecule has 0 aliphatic rings. The molecule has 126 valence electrons. The first-order valence-electron chi connectivity index (χ1n) is 7.49. The number of carbonyl (C=O) groups is 1. The molecule has 0 aromatic heterocycles. The number of allylic oxidation sites excluding steroid dienone is 1. The molecule has 24 heavy (non-hydrogen) atoms. The molecule has 0 aliphatic heterocycles. The molecule has 2 aromatic rings. The minimum absolute atomic E-state index is 0.103. The van der Waals surface area contributed by atoms with Crippen LogP contribution in [0, 0.1) is 0 Å². The first-order valence-corrected chi connectivity index (χ1v) is 7.49. The van der Waals surface area contributed by atoms with E-state index in [1.54, 1.807) is 31.4 Å². The van der Waals surface area contributed by atoms with E-state index in [0.717, 1.165) is 11.3 Å². The van der Waals surface area contributed by atoms with Gasteiger partial charge in [0, 0.05) is 12.1 Å². The van der Waals surface area contributed by atoms with E-state index in [2.05, 4.69) is 0 Å². The van der Waals surface area contributed by atoms with E-state index < -0.39 is 0 Å². The van der Waals surface area contributed by atoms with E-state index in [4.69, 9.17) is 14.2 Å². The van der Waals surface area contributed by atoms with Crippen LogP contribution in [0.3, 0.4) is 0 Å². The van der Waals surface area contributed by atoms with Gasteiger partial charge in [0.25, 0.3) is 0 Å². The van der Waals surface area contributed by atoms with E-state index >= 15 is 0 Å². The predicted octanol–water partition coefficient (Wildman–Crippen LogP) is 3.70. The zero-order chi connectivity index (χ0) is 17.5. The summed E-state index contributed by atoms with van der Waals surface area (Å²) in [6.45, 7) is 2.29. The highest BCUT2D eigenvalue weighted by Gasteiger charge is 2.17. The number of ether oxygens (including phenoxy) is 3. The number of ketones is 1. The Morgan fingerprint density at radius 3 is 2.38 bits per heavy atom. The monoisotopic (exact) mass is 328 g/mol. The highest BCUT2D eigenvalue weighted by Crippen LogP contribution is 2.34. The van der Waals surface area contributed by atoms with Gasteiger partial charge in [-0.3, -0.25) is 4.79 Å². The molecule has 0 fully saturated rings. The Morgan fingerprint density at radius 2 is 1.79 bits per heavy atom. The Kier molecular flexibility index (Phi) is 5.84. The number of rotatable bonds is 7. The third kappa shape index (κ3) is 4.07. The first-order chi connectivity index (χ1) is 11.6. The van der Waals surface area contributed by atoms with Crippen molar-refractivity contribution in [2.24, 2.45) is 0 Å². The van der Waals surface area contributed by atoms with Crippen molar-refractivity contribution in [2.75, 3.05) is 20.8 Å². The van der Waals surface area contributed by atoms with Crippen LogP contribution in [0.4, 0.5) is 0 Å². The molecule has 0 atom stereocenters. The molecule has 0 bridgehead atoms. The summed E-state index contributed by atoms with van der Waals surface area (Å²) in [6.07, 6.45) is 3.05. The van der Waals surface area contributed by atoms with Crippen molar-refractivity contribution in [1.82, 2.24) is 0 Å². The molecule has 2 aromatic carbocycles. The summed E-state index contributed by atoms with van der Waals surface area (Å²) in [6, 6.07) is 10.3. The van der Waals surface area contributed by atoms with Crippen molar-refractivity contribution >= 4 is 11.9 Å². The number of methoxy groups -OCH3 is 2. The number of benzene rings is 2. The van der Waals surface area contributed by atoms with Crippen LogP contribution < -0.4 is 14.2 Å². The van der Waals surface area contributed by atoms with Crippen LogP contribution in [0.2, 0.25) is 0 Å². The Hall–Kier alpha value is -2.95. The summed E-state index contributed by atoms with van der Waals surface area (Å²) in [7, 11) is 3.03. The molecule has 0 saturated carbocycles.